The summed E-state index contributed by atoms with van der Waals surface area (Å²) in [6.45, 7) is 1.85. The van der Waals surface area contributed by atoms with E-state index in [1.54, 1.807) is 12.1 Å². The lowest BCUT2D eigenvalue weighted by Crippen LogP contribution is -2.32. The SMILES string of the molecule is O=C(O)c1cccc2c1OCCN2Cc1cccc(Cl)c1. The molecule has 0 spiro atoms. The molecule has 0 amide bonds. The fraction of sp³-hybridized carbons (Fsp3) is 0.188. The first-order valence-corrected chi connectivity index (χ1v) is 7.01. The molecular formula is C16H14ClNO3. The van der Waals surface area contributed by atoms with Crippen molar-refractivity contribution >= 4 is 23.3 Å². The van der Waals surface area contributed by atoms with Gasteiger partial charge in [0.2, 0.25) is 0 Å². The highest BCUT2D eigenvalue weighted by Crippen LogP contribution is 2.35. The molecule has 0 fully saturated rings. The number of ether oxygens (including phenoxy) is 1. The lowest BCUT2D eigenvalue weighted by molar-refractivity contribution is 0.0692. The third kappa shape index (κ3) is 2.81. The van der Waals surface area contributed by atoms with E-state index in [4.69, 9.17) is 16.3 Å². The first kappa shape index (κ1) is 13.8. The zero-order valence-electron chi connectivity index (χ0n) is 11.3. The van der Waals surface area contributed by atoms with Crippen LogP contribution in [0.2, 0.25) is 5.02 Å². The third-order valence-electron chi connectivity index (χ3n) is 3.44. The quantitative estimate of drug-likeness (QED) is 0.943. The van der Waals surface area contributed by atoms with Gasteiger partial charge in [0.05, 0.1) is 12.2 Å². The van der Waals surface area contributed by atoms with Crippen LogP contribution in [-0.4, -0.2) is 24.2 Å². The summed E-state index contributed by atoms with van der Waals surface area (Å²) in [5.74, 6) is -0.533. The molecular weight excluding hydrogens is 290 g/mol. The van der Waals surface area contributed by atoms with Crippen LogP contribution in [0.4, 0.5) is 5.69 Å². The predicted molar refractivity (Wildman–Crippen MR) is 81.4 cm³/mol. The maximum Gasteiger partial charge on any atom is 0.339 e. The molecule has 1 heterocycles. The van der Waals surface area contributed by atoms with Crippen LogP contribution in [0, 0.1) is 0 Å². The van der Waals surface area contributed by atoms with Crippen molar-refractivity contribution in [2.24, 2.45) is 0 Å². The van der Waals surface area contributed by atoms with E-state index in [-0.39, 0.29) is 5.56 Å². The second-order valence-electron chi connectivity index (χ2n) is 4.86. The zero-order chi connectivity index (χ0) is 14.8. The molecule has 0 unspecified atom stereocenters. The first-order valence-electron chi connectivity index (χ1n) is 6.63. The van der Waals surface area contributed by atoms with Gasteiger partial charge in [-0.05, 0) is 29.8 Å². The van der Waals surface area contributed by atoms with Crippen LogP contribution < -0.4 is 9.64 Å². The van der Waals surface area contributed by atoms with Crippen molar-refractivity contribution < 1.29 is 14.6 Å². The largest absolute Gasteiger partial charge is 0.489 e. The highest BCUT2D eigenvalue weighted by atomic mass is 35.5. The van der Waals surface area contributed by atoms with Crippen LogP contribution in [0.1, 0.15) is 15.9 Å². The second-order valence-corrected chi connectivity index (χ2v) is 5.30. The number of halogens is 1. The van der Waals surface area contributed by atoms with E-state index >= 15 is 0 Å². The number of carboxylic acids is 1. The Kier molecular flexibility index (Phi) is 3.71. The Balaban J connectivity index is 1.94. The molecule has 0 bridgehead atoms. The number of benzene rings is 2. The number of para-hydroxylation sites is 1. The van der Waals surface area contributed by atoms with E-state index in [1.165, 1.54) is 0 Å². The van der Waals surface area contributed by atoms with Crippen LogP contribution in [0.25, 0.3) is 0 Å². The number of anilines is 1. The monoisotopic (exact) mass is 303 g/mol. The van der Waals surface area contributed by atoms with E-state index in [2.05, 4.69) is 4.90 Å². The van der Waals surface area contributed by atoms with Crippen molar-refractivity contribution in [2.45, 2.75) is 6.54 Å². The Morgan fingerprint density at radius 1 is 1.29 bits per heavy atom. The molecule has 2 aromatic carbocycles. The Bertz CT molecular complexity index is 687. The summed E-state index contributed by atoms with van der Waals surface area (Å²) in [7, 11) is 0. The molecule has 0 radical (unpaired) electrons. The smallest absolute Gasteiger partial charge is 0.339 e. The number of nitrogens with zero attached hydrogens (tertiary/aromatic N) is 1. The maximum atomic E-state index is 11.3. The number of hydrogen-bond donors (Lipinski definition) is 1. The molecule has 0 saturated carbocycles. The minimum Gasteiger partial charge on any atom is -0.489 e. The predicted octanol–water partition coefficient (Wildman–Crippen LogP) is 3.44. The van der Waals surface area contributed by atoms with Crippen LogP contribution in [0.5, 0.6) is 5.75 Å². The fourth-order valence-corrected chi connectivity index (χ4v) is 2.71. The third-order valence-corrected chi connectivity index (χ3v) is 3.67. The molecule has 3 rings (SSSR count). The van der Waals surface area contributed by atoms with Crippen molar-refractivity contribution in [1.29, 1.82) is 0 Å². The Hall–Kier alpha value is -2.20. The normalized spacial score (nSPS) is 13.5. The Morgan fingerprint density at radius 2 is 2.10 bits per heavy atom. The molecule has 5 heteroatoms. The van der Waals surface area contributed by atoms with Gasteiger partial charge in [-0.3, -0.25) is 0 Å². The average molecular weight is 304 g/mol. The van der Waals surface area contributed by atoms with E-state index in [1.807, 2.05) is 30.3 Å². The van der Waals surface area contributed by atoms with Crippen LogP contribution in [0.15, 0.2) is 42.5 Å². The summed E-state index contributed by atoms with van der Waals surface area (Å²) < 4.78 is 5.56. The van der Waals surface area contributed by atoms with E-state index in [0.29, 0.717) is 30.5 Å². The number of rotatable bonds is 3. The summed E-state index contributed by atoms with van der Waals surface area (Å²) in [6, 6.07) is 12.8. The van der Waals surface area contributed by atoms with Crippen molar-refractivity contribution in [3.63, 3.8) is 0 Å². The first-order chi connectivity index (χ1) is 10.1. The van der Waals surface area contributed by atoms with Crippen molar-refractivity contribution in [3.05, 3.63) is 58.6 Å². The Morgan fingerprint density at radius 3 is 2.86 bits per heavy atom. The second kappa shape index (κ2) is 5.66. The minimum absolute atomic E-state index is 0.197. The average Bonchev–Trinajstić information content (AvgIpc) is 2.47. The molecule has 0 atom stereocenters. The van der Waals surface area contributed by atoms with Crippen molar-refractivity contribution in [2.75, 3.05) is 18.1 Å². The molecule has 0 saturated heterocycles. The molecule has 108 valence electrons. The maximum absolute atomic E-state index is 11.3. The number of aromatic carboxylic acids is 1. The fourth-order valence-electron chi connectivity index (χ4n) is 2.49. The van der Waals surface area contributed by atoms with Gasteiger partial charge in [0, 0.05) is 11.6 Å². The topological polar surface area (TPSA) is 49.8 Å². The van der Waals surface area contributed by atoms with Gasteiger partial charge < -0.3 is 14.7 Å². The highest BCUT2D eigenvalue weighted by Gasteiger charge is 2.23. The van der Waals surface area contributed by atoms with E-state index < -0.39 is 5.97 Å². The van der Waals surface area contributed by atoms with Gasteiger partial charge in [-0.2, -0.15) is 0 Å². The molecule has 21 heavy (non-hydrogen) atoms. The summed E-state index contributed by atoms with van der Waals surface area (Å²) >= 11 is 6.01. The summed E-state index contributed by atoms with van der Waals surface area (Å²) in [4.78, 5) is 13.4. The van der Waals surface area contributed by atoms with E-state index in [0.717, 1.165) is 11.3 Å². The molecule has 0 aromatic heterocycles. The molecule has 4 nitrogen and oxygen atoms in total. The van der Waals surface area contributed by atoms with Gasteiger partial charge in [-0.25, -0.2) is 4.79 Å². The van der Waals surface area contributed by atoms with Gasteiger partial charge in [0.15, 0.2) is 5.75 Å². The van der Waals surface area contributed by atoms with Crippen LogP contribution in [0.3, 0.4) is 0 Å². The lowest BCUT2D eigenvalue weighted by Gasteiger charge is -2.32. The zero-order valence-corrected chi connectivity index (χ0v) is 12.0. The van der Waals surface area contributed by atoms with Crippen molar-refractivity contribution in [3.8, 4) is 5.75 Å². The molecule has 1 aliphatic heterocycles. The van der Waals surface area contributed by atoms with Gasteiger partial charge in [-0.1, -0.05) is 29.8 Å². The lowest BCUT2D eigenvalue weighted by atomic mass is 10.1. The number of hydrogen-bond acceptors (Lipinski definition) is 3. The number of carboxylic acid groups (broad SMARTS) is 1. The van der Waals surface area contributed by atoms with E-state index in [9.17, 15) is 9.90 Å². The van der Waals surface area contributed by atoms with Crippen molar-refractivity contribution in [1.82, 2.24) is 0 Å². The van der Waals surface area contributed by atoms with Gasteiger partial charge in [0.1, 0.15) is 12.2 Å². The summed E-state index contributed by atoms with van der Waals surface area (Å²) in [5, 5.41) is 9.93. The van der Waals surface area contributed by atoms with Gasteiger partial charge in [0.25, 0.3) is 0 Å². The minimum atomic E-state index is -0.976. The highest BCUT2D eigenvalue weighted by molar-refractivity contribution is 6.30. The molecule has 0 aliphatic carbocycles. The van der Waals surface area contributed by atoms with Crippen LogP contribution >= 0.6 is 11.6 Å². The standard InChI is InChI=1S/C16H14ClNO3/c17-12-4-1-3-11(9-12)10-18-7-8-21-15-13(16(19)20)5-2-6-14(15)18/h1-6,9H,7-8,10H2,(H,19,20). The summed E-state index contributed by atoms with van der Waals surface area (Å²) in [5.41, 5.74) is 2.08. The molecule has 2 aromatic rings. The Labute approximate surface area is 127 Å². The molecule has 1 N–H and O–H groups in total. The summed E-state index contributed by atoms with van der Waals surface area (Å²) in [6.07, 6.45) is 0. The number of carbonyl (C=O) groups is 1. The van der Waals surface area contributed by atoms with Gasteiger partial charge in [-0.15, -0.1) is 0 Å². The number of fused-ring (bicyclic) bond motifs is 1. The van der Waals surface area contributed by atoms with Gasteiger partial charge >= 0.3 is 5.97 Å². The van der Waals surface area contributed by atoms with Crippen LogP contribution in [-0.2, 0) is 6.54 Å². The molecule has 1 aliphatic rings.